The molecule has 5 nitrogen and oxygen atoms in total. The maximum Gasteiger partial charge on any atom is 0.237 e. The van der Waals surface area contributed by atoms with Crippen LogP contribution in [0.25, 0.3) is 94.1 Å². The molecule has 0 N–H and O–H groups in total. The summed E-state index contributed by atoms with van der Waals surface area (Å²) in [6, 6.07) is 62.3. The van der Waals surface area contributed by atoms with Crippen LogP contribution in [0.15, 0.2) is 176 Å². The number of para-hydroxylation sites is 5. The Kier molecular flexibility index (Phi) is 5.89. The zero-order valence-electron chi connectivity index (χ0n) is 27.5. The third-order valence-corrected chi connectivity index (χ3v) is 10.3. The number of hydrogen-bond acceptors (Lipinski definition) is 2. The van der Waals surface area contributed by atoms with Crippen LogP contribution in [0.1, 0.15) is 0 Å². The van der Waals surface area contributed by atoms with Crippen molar-refractivity contribution in [3.63, 3.8) is 0 Å². The van der Waals surface area contributed by atoms with E-state index in [-0.39, 0.29) is 0 Å². The lowest BCUT2D eigenvalue weighted by molar-refractivity contribution is 0.952. The van der Waals surface area contributed by atoms with Gasteiger partial charge in [0.05, 0.1) is 38.8 Å². The van der Waals surface area contributed by atoms with Gasteiger partial charge in [-0.15, -0.1) is 0 Å². The van der Waals surface area contributed by atoms with Gasteiger partial charge < -0.3 is 4.57 Å². The lowest BCUT2D eigenvalue weighted by Crippen LogP contribution is -2.08. The van der Waals surface area contributed by atoms with E-state index in [0.29, 0.717) is 5.95 Å². The number of nitrogens with zero attached hydrogens (tertiary/aromatic N) is 5. The van der Waals surface area contributed by atoms with Crippen molar-refractivity contribution < 1.29 is 0 Å². The summed E-state index contributed by atoms with van der Waals surface area (Å²) in [4.78, 5) is 10.9. The third kappa shape index (κ3) is 4.03. The third-order valence-electron chi connectivity index (χ3n) is 10.3. The highest BCUT2D eigenvalue weighted by Gasteiger charge is 2.23. The highest BCUT2D eigenvalue weighted by Crippen LogP contribution is 2.42. The minimum absolute atomic E-state index is 0.622. The van der Waals surface area contributed by atoms with E-state index in [1.54, 1.807) is 0 Å². The summed E-state index contributed by atoms with van der Waals surface area (Å²) in [5, 5.41) is 7.10. The van der Waals surface area contributed by atoms with Gasteiger partial charge in [-0.1, -0.05) is 133 Å². The van der Waals surface area contributed by atoms with Gasteiger partial charge in [0.1, 0.15) is 5.82 Å². The van der Waals surface area contributed by atoms with Crippen LogP contribution in [0, 0.1) is 0 Å². The van der Waals surface area contributed by atoms with Crippen LogP contribution in [-0.2, 0) is 0 Å². The molecule has 0 fully saturated rings. The second-order valence-corrected chi connectivity index (χ2v) is 13.0. The first-order valence-corrected chi connectivity index (χ1v) is 17.3. The maximum atomic E-state index is 5.51. The second kappa shape index (κ2) is 10.8. The Labute approximate surface area is 292 Å². The summed E-state index contributed by atoms with van der Waals surface area (Å²) in [6.07, 6.45) is 0. The van der Waals surface area contributed by atoms with Crippen LogP contribution in [0.4, 0.5) is 0 Å². The van der Waals surface area contributed by atoms with Gasteiger partial charge in [-0.3, -0.25) is 9.13 Å². The largest absolute Gasteiger partial charge is 0.307 e. The van der Waals surface area contributed by atoms with Gasteiger partial charge in [0.25, 0.3) is 0 Å². The van der Waals surface area contributed by atoms with Crippen molar-refractivity contribution in [2.24, 2.45) is 0 Å². The van der Waals surface area contributed by atoms with E-state index in [9.17, 15) is 0 Å². The van der Waals surface area contributed by atoms with Crippen LogP contribution < -0.4 is 0 Å². The molecule has 0 bridgehead atoms. The number of rotatable bonds is 4. The molecule has 238 valence electrons. The molecule has 4 heterocycles. The van der Waals surface area contributed by atoms with E-state index in [1.165, 1.54) is 21.5 Å². The highest BCUT2D eigenvalue weighted by atomic mass is 15.2. The van der Waals surface area contributed by atoms with Crippen LogP contribution in [0.2, 0.25) is 0 Å². The summed E-state index contributed by atoms with van der Waals surface area (Å²) in [6.45, 7) is 0. The van der Waals surface area contributed by atoms with Gasteiger partial charge in [-0.2, -0.15) is 4.98 Å². The van der Waals surface area contributed by atoms with E-state index in [1.807, 2.05) is 6.07 Å². The van der Waals surface area contributed by atoms with E-state index in [0.717, 1.165) is 66.6 Å². The summed E-state index contributed by atoms with van der Waals surface area (Å²) >= 11 is 0. The standard InChI is InChI=1S/C46H29N5/c1-3-15-30(16-4-1)38-29-43(50-40-24-12-7-19-32(40)33-20-8-13-25-41(33)50)48-46(47-38)51-42-26-14-10-22-35(42)37-28-27-36-34-21-9-11-23-39(34)49(44(36)45(37)51)31-17-5-2-6-18-31/h1-29H. The van der Waals surface area contributed by atoms with E-state index in [2.05, 4.69) is 184 Å². The Morgan fingerprint density at radius 1 is 0.333 bits per heavy atom. The first-order valence-electron chi connectivity index (χ1n) is 17.3. The Bertz CT molecular complexity index is 3080. The van der Waals surface area contributed by atoms with Gasteiger partial charge in [0.2, 0.25) is 5.95 Å². The van der Waals surface area contributed by atoms with Crippen LogP contribution >= 0.6 is 0 Å². The zero-order chi connectivity index (χ0) is 33.5. The molecular weight excluding hydrogens is 623 g/mol. The van der Waals surface area contributed by atoms with E-state index in [4.69, 9.17) is 9.97 Å². The molecule has 0 unspecified atom stereocenters. The number of aromatic nitrogens is 5. The Morgan fingerprint density at radius 3 is 1.33 bits per heavy atom. The van der Waals surface area contributed by atoms with E-state index >= 15 is 0 Å². The Hall–Kier alpha value is -6.98. The quantitative estimate of drug-likeness (QED) is 0.190. The Morgan fingerprint density at radius 2 is 0.765 bits per heavy atom. The van der Waals surface area contributed by atoms with Crippen molar-refractivity contribution in [3.8, 4) is 28.7 Å². The summed E-state index contributed by atoms with van der Waals surface area (Å²) in [5.74, 6) is 1.44. The molecule has 11 rings (SSSR count). The predicted octanol–water partition coefficient (Wildman–Crippen LogP) is 11.4. The molecule has 7 aromatic carbocycles. The molecule has 4 aromatic heterocycles. The monoisotopic (exact) mass is 651 g/mol. The molecule has 0 aliphatic rings. The number of benzene rings is 7. The first-order chi connectivity index (χ1) is 25.3. The molecule has 0 aliphatic heterocycles. The fraction of sp³-hybridized carbons (Fsp3) is 0. The molecule has 0 spiro atoms. The Balaban J connectivity index is 1.33. The number of fused-ring (bicyclic) bond motifs is 10. The SMILES string of the molecule is c1ccc(-c2cc(-n3c4ccccc4c4ccccc43)nc(-n3c4ccccc4c4ccc5c6ccccc6n(-c6ccccc6)c5c43)n2)cc1. The van der Waals surface area contributed by atoms with E-state index < -0.39 is 0 Å². The molecule has 0 amide bonds. The summed E-state index contributed by atoms with van der Waals surface area (Å²) in [5.41, 5.74) is 9.64. The average Bonchev–Trinajstić information content (AvgIpc) is 3.84. The van der Waals surface area contributed by atoms with Crippen molar-refractivity contribution >= 4 is 65.4 Å². The van der Waals surface area contributed by atoms with Crippen molar-refractivity contribution in [1.29, 1.82) is 0 Å². The normalized spacial score (nSPS) is 11.9. The summed E-state index contributed by atoms with van der Waals surface area (Å²) < 4.78 is 6.97. The van der Waals surface area contributed by atoms with Crippen molar-refractivity contribution in [3.05, 3.63) is 176 Å². The van der Waals surface area contributed by atoms with Gasteiger partial charge in [-0.25, -0.2) is 4.98 Å². The fourth-order valence-electron chi connectivity index (χ4n) is 8.12. The van der Waals surface area contributed by atoms with Gasteiger partial charge in [0.15, 0.2) is 0 Å². The van der Waals surface area contributed by atoms with Crippen LogP contribution in [0.3, 0.4) is 0 Å². The molecule has 0 radical (unpaired) electrons. The summed E-state index contributed by atoms with van der Waals surface area (Å²) in [7, 11) is 0. The smallest absolute Gasteiger partial charge is 0.237 e. The van der Waals surface area contributed by atoms with Gasteiger partial charge in [0, 0.05) is 49.6 Å². The molecule has 0 aliphatic carbocycles. The average molecular weight is 652 g/mol. The zero-order valence-corrected chi connectivity index (χ0v) is 27.5. The maximum absolute atomic E-state index is 5.51. The molecule has 0 saturated carbocycles. The van der Waals surface area contributed by atoms with Crippen molar-refractivity contribution in [1.82, 2.24) is 23.7 Å². The molecule has 0 atom stereocenters. The van der Waals surface area contributed by atoms with Gasteiger partial charge >= 0.3 is 0 Å². The molecule has 11 aromatic rings. The topological polar surface area (TPSA) is 40.6 Å². The van der Waals surface area contributed by atoms with Gasteiger partial charge in [-0.05, 0) is 36.4 Å². The van der Waals surface area contributed by atoms with Crippen LogP contribution in [0.5, 0.6) is 0 Å². The van der Waals surface area contributed by atoms with Crippen molar-refractivity contribution in [2.45, 2.75) is 0 Å². The first kappa shape index (κ1) is 27.9. The fourth-order valence-corrected chi connectivity index (χ4v) is 8.12. The lowest BCUT2D eigenvalue weighted by atomic mass is 10.1. The lowest BCUT2D eigenvalue weighted by Gasteiger charge is -2.15. The molecular formula is C46H29N5. The highest BCUT2D eigenvalue weighted by molar-refractivity contribution is 6.23. The van der Waals surface area contributed by atoms with Crippen LogP contribution in [-0.4, -0.2) is 23.7 Å². The molecule has 0 saturated heterocycles. The minimum Gasteiger partial charge on any atom is -0.307 e. The number of hydrogen-bond donors (Lipinski definition) is 0. The minimum atomic E-state index is 0.622. The molecule has 5 heteroatoms. The predicted molar refractivity (Wildman–Crippen MR) is 210 cm³/mol. The van der Waals surface area contributed by atoms with Crippen molar-refractivity contribution in [2.75, 3.05) is 0 Å². The second-order valence-electron chi connectivity index (χ2n) is 13.0. The molecule has 51 heavy (non-hydrogen) atoms.